The van der Waals surface area contributed by atoms with E-state index in [-0.39, 0.29) is 0 Å². The minimum atomic E-state index is 0.654. The molecular formula is C28H44N6. The Bertz CT molecular complexity index is 992. The van der Waals surface area contributed by atoms with Crippen molar-refractivity contribution in [3.05, 3.63) is 48.4 Å². The fraction of sp³-hybridized carbons (Fsp3) is 0.607. The summed E-state index contributed by atoms with van der Waals surface area (Å²) < 4.78 is 2.03. The summed E-state index contributed by atoms with van der Waals surface area (Å²) in [6.07, 6.45) is 6.16. The maximum Gasteiger partial charge on any atom is 0.164 e. The van der Waals surface area contributed by atoms with Crippen molar-refractivity contribution in [2.24, 2.45) is 13.0 Å². The van der Waals surface area contributed by atoms with Crippen LogP contribution in [0.4, 0.5) is 5.82 Å². The number of aryl methyl sites for hydroxylation is 1. The first-order valence-electron chi connectivity index (χ1n) is 13.3. The van der Waals surface area contributed by atoms with Crippen molar-refractivity contribution >= 4 is 16.7 Å². The minimum absolute atomic E-state index is 0.654. The summed E-state index contributed by atoms with van der Waals surface area (Å²) in [5.41, 5.74) is 3.70. The Kier molecular flexibility index (Phi) is 7.99. The normalized spacial score (nSPS) is 21.5. The fourth-order valence-electron chi connectivity index (χ4n) is 5.72. The summed E-state index contributed by atoms with van der Waals surface area (Å²) >= 11 is 0. The molecule has 0 spiro atoms. The molecule has 6 nitrogen and oxygen atoms in total. The maximum atomic E-state index is 4.86. The minimum Gasteiger partial charge on any atom is -0.346 e. The molecule has 186 valence electrons. The zero-order chi connectivity index (χ0) is 24.2. The van der Waals surface area contributed by atoms with Gasteiger partial charge in [0.05, 0.1) is 5.52 Å². The molecule has 0 unspecified atom stereocenters. The highest BCUT2D eigenvalue weighted by atomic mass is 15.4. The molecule has 1 aromatic heterocycles. The van der Waals surface area contributed by atoms with Crippen molar-refractivity contribution in [1.29, 1.82) is 0 Å². The fourth-order valence-corrected chi connectivity index (χ4v) is 5.72. The molecule has 5 rings (SSSR count). The molecule has 34 heavy (non-hydrogen) atoms. The number of aromatic nitrogens is 2. The molecule has 0 radical (unpaired) electrons. The Morgan fingerprint density at radius 1 is 0.971 bits per heavy atom. The molecule has 1 N–H and O–H groups in total. The molecular weight excluding hydrogens is 420 g/mol. The van der Waals surface area contributed by atoms with Crippen LogP contribution in [0, 0.1) is 5.92 Å². The van der Waals surface area contributed by atoms with E-state index in [9.17, 15) is 0 Å². The molecule has 3 saturated heterocycles. The quantitative estimate of drug-likeness (QED) is 0.696. The number of fused-ring (bicyclic) bond motifs is 1. The van der Waals surface area contributed by atoms with Crippen LogP contribution in [0.3, 0.4) is 0 Å². The highest BCUT2D eigenvalue weighted by molar-refractivity contribution is 5.92. The van der Waals surface area contributed by atoms with Crippen molar-refractivity contribution in [1.82, 2.24) is 24.9 Å². The third-order valence-electron chi connectivity index (χ3n) is 7.81. The first kappa shape index (κ1) is 24.8. The molecule has 0 bridgehead atoms. The molecule has 6 heteroatoms. The lowest BCUT2D eigenvalue weighted by Gasteiger charge is -2.37. The summed E-state index contributed by atoms with van der Waals surface area (Å²) in [6.45, 7) is 19.4. The molecule has 0 aliphatic carbocycles. The van der Waals surface area contributed by atoms with Crippen LogP contribution in [-0.4, -0.2) is 65.9 Å². The van der Waals surface area contributed by atoms with Gasteiger partial charge in [-0.15, -0.1) is 0 Å². The van der Waals surface area contributed by atoms with E-state index in [1.165, 1.54) is 74.9 Å². The molecule has 3 aliphatic heterocycles. The third kappa shape index (κ3) is 5.33. The van der Waals surface area contributed by atoms with E-state index in [4.69, 9.17) is 5.10 Å². The summed E-state index contributed by atoms with van der Waals surface area (Å²) in [5, 5.41) is 9.34. The van der Waals surface area contributed by atoms with E-state index >= 15 is 0 Å². The van der Waals surface area contributed by atoms with Crippen LogP contribution in [0.5, 0.6) is 0 Å². The largest absolute Gasteiger partial charge is 0.346 e. The van der Waals surface area contributed by atoms with Crippen LogP contribution in [0.25, 0.3) is 10.9 Å². The van der Waals surface area contributed by atoms with Crippen molar-refractivity contribution in [3.8, 4) is 0 Å². The molecule has 3 aliphatic rings. The zero-order valence-electron chi connectivity index (χ0n) is 21.8. The molecule has 0 amide bonds. The van der Waals surface area contributed by atoms with Gasteiger partial charge < -0.3 is 20.0 Å². The topological polar surface area (TPSA) is 39.6 Å². The van der Waals surface area contributed by atoms with Gasteiger partial charge in [-0.3, -0.25) is 4.68 Å². The SMILES string of the molecule is C=C1CCN(c2nn(C)c3cc(C4CCN(CC5CCN(C)CC5)CC4)ccc23)C(=C)N1.CC. The Morgan fingerprint density at radius 2 is 1.68 bits per heavy atom. The lowest BCUT2D eigenvalue weighted by molar-refractivity contribution is 0.139. The van der Waals surface area contributed by atoms with Gasteiger partial charge in [-0.25, -0.2) is 0 Å². The van der Waals surface area contributed by atoms with Gasteiger partial charge in [0.1, 0.15) is 5.82 Å². The average Bonchev–Trinajstić information content (AvgIpc) is 3.18. The number of benzene rings is 1. The van der Waals surface area contributed by atoms with Gasteiger partial charge in [-0.2, -0.15) is 5.10 Å². The van der Waals surface area contributed by atoms with Crippen molar-refractivity contribution < 1.29 is 0 Å². The lowest BCUT2D eigenvalue weighted by Crippen LogP contribution is -2.40. The van der Waals surface area contributed by atoms with E-state index < -0.39 is 0 Å². The predicted molar refractivity (Wildman–Crippen MR) is 144 cm³/mol. The van der Waals surface area contributed by atoms with E-state index in [1.54, 1.807) is 0 Å². The second kappa shape index (κ2) is 11.0. The van der Waals surface area contributed by atoms with Gasteiger partial charge in [0, 0.05) is 37.6 Å². The second-order valence-electron chi connectivity index (χ2n) is 10.1. The summed E-state index contributed by atoms with van der Waals surface area (Å²) in [7, 11) is 4.30. The highest BCUT2D eigenvalue weighted by Gasteiger charge is 2.26. The number of hydrogen-bond acceptors (Lipinski definition) is 5. The summed E-state index contributed by atoms with van der Waals surface area (Å²) in [6, 6.07) is 6.99. The highest BCUT2D eigenvalue weighted by Crippen LogP contribution is 2.35. The third-order valence-corrected chi connectivity index (χ3v) is 7.81. The smallest absolute Gasteiger partial charge is 0.164 e. The van der Waals surface area contributed by atoms with E-state index in [0.717, 1.165) is 36.2 Å². The van der Waals surface area contributed by atoms with Gasteiger partial charge in [0.2, 0.25) is 0 Å². The van der Waals surface area contributed by atoms with Crippen LogP contribution in [-0.2, 0) is 7.05 Å². The standard InChI is InChI=1S/C26H38N6.C2H6/c1-19-7-16-32(20(2)27-19)26-24-6-5-23(17-25(24)30(4)28-26)22-10-14-31(15-11-22)18-21-8-12-29(3)13-9-21;1-2/h5-6,17,21-22,27H,1-2,7-16,18H2,3-4H3;1-2H3. The number of piperidine rings is 2. The van der Waals surface area contributed by atoms with Gasteiger partial charge in [0.25, 0.3) is 0 Å². The van der Waals surface area contributed by atoms with Crippen LogP contribution in [0.1, 0.15) is 57.4 Å². The maximum absolute atomic E-state index is 4.86. The van der Waals surface area contributed by atoms with Crippen LogP contribution in [0.2, 0.25) is 0 Å². The van der Waals surface area contributed by atoms with E-state index in [2.05, 4.69) is 65.5 Å². The number of rotatable bonds is 4. The molecule has 0 atom stereocenters. The number of likely N-dealkylation sites (tertiary alicyclic amines) is 2. The summed E-state index contributed by atoms with van der Waals surface area (Å²) in [5.74, 6) is 3.40. The monoisotopic (exact) mass is 464 g/mol. The van der Waals surface area contributed by atoms with Gasteiger partial charge in [-0.1, -0.05) is 33.1 Å². The first-order valence-corrected chi connectivity index (χ1v) is 13.3. The van der Waals surface area contributed by atoms with Gasteiger partial charge >= 0.3 is 0 Å². The van der Waals surface area contributed by atoms with E-state index in [0.29, 0.717) is 5.92 Å². The van der Waals surface area contributed by atoms with Gasteiger partial charge in [-0.05, 0) is 88.4 Å². The first-order chi connectivity index (χ1) is 16.5. The lowest BCUT2D eigenvalue weighted by atomic mass is 9.88. The number of nitrogens with one attached hydrogen (secondary N) is 1. The molecule has 4 heterocycles. The van der Waals surface area contributed by atoms with Crippen LogP contribution in [0.15, 0.2) is 42.9 Å². The molecule has 2 aromatic rings. The van der Waals surface area contributed by atoms with Crippen molar-refractivity contribution in [2.45, 2.75) is 51.9 Å². The second-order valence-corrected chi connectivity index (χ2v) is 10.1. The van der Waals surface area contributed by atoms with Gasteiger partial charge in [0.15, 0.2) is 5.82 Å². The zero-order valence-corrected chi connectivity index (χ0v) is 21.8. The van der Waals surface area contributed by atoms with Crippen LogP contribution >= 0.6 is 0 Å². The Hall–Kier alpha value is -2.31. The molecule has 3 fully saturated rings. The molecule has 1 aromatic carbocycles. The number of hydrogen-bond donors (Lipinski definition) is 1. The Balaban J connectivity index is 0.00000133. The molecule has 0 saturated carbocycles. The number of anilines is 1. The Labute approximate surface area is 206 Å². The number of nitrogens with zero attached hydrogens (tertiary/aromatic N) is 5. The summed E-state index contributed by atoms with van der Waals surface area (Å²) in [4.78, 5) is 7.37. The predicted octanol–water partition coefficient (Wildman–Crippen LogP) is 4.91. The Morgan fingerprint density at radius 3 is 2.35 bits per heavy atom. The van der Waals surface area contributed by atoms with Crippen molar-refractivity contribution in [3.63, 3.8) is 0 Å². The average molecular weight is 465 g/mol. The van der Waals surface area contributed by atoms with Crippen molar-refractivity contribution in [2.75, 3.05) is 51.2 Å². The van der Waals surface area contributed by atoms with Crippen LogP contribution < -0.4 is 10.2 Å². The van der Waals surface area contributed by atoms with E-state index in [1.807, 2.05) is 18.5 Å².